The van der Waals surface area contributed by atoms with Gasteiger partial charge in [0.05, 0.1) is 18.2 Å². The molecule has 4 N–H and O–H groups in total. The predicted molar refractivity (Wildman–Crippen MR) is 111 cm³/mol. The number of Topliss-reactive ketones (excluding diaryl/α,β-unsaturated/α-hetero) is 1. The summed E-state index contributed by atoms with van der Waals surface area (Å²) in [5.41, 5.74) is 6.82. The molecule has 0 aliphatic carbocycles. The third-order valence-corrected chi connectivity index (χ3v) is 4.78. The molecule has 0 aliphatic rings. The van der Waals surface area contributed by atoms with E-state index in [1.165, 1.54) is 0 Å². The van der Waals surface area contributed by atoms with Crippen LogP contribution in [0.5, 0.6) is 11.5 Å². The molecule has 4 rings (SSSR count). The van der Waals surface area contributed by atoms with Crippen molar-refractivity contribution in [3.63, 3.8) is 0 Å². The van der Waals surface area contributed by atoms with Crippen LogP contribution in [-0.2, 0) is 4.79 Å². The van der Waals surface area contributed by atoms with Crippen LogP contribution >= 0.6 is 0 Å². The standard InChI is InChI=1S/C22H17N3O6/c1-30-13-9-7-12(8-10-13)17-14-16(11-5-3-2-4-6-11)24-18(19(26)15(23)22(28)29)20(27)21(14)31-25-17/h2-10,15,27H,23H2,1H3,(H,28,29). The molecule has 4 aromatic rings. The van der Waals surface area contributed by atoms with E-state index in [0.29, 0.717) is 33.7 Å². The zero-order chi connectivity index (χ0) is 22.1. The van der Waals surface area contributed by atoms with Crippen LogP contribution in [0.2, 0.25) is 0 Å². The van der Waals surface area contributed by atoms with E-state index >= 15 is 0 Å². The minimum atomic E-state index is -1.89. The number of nitrogens with two attached hydrogens (primary N) is 1. The summed E-state index contributed by atoms with van der Waals surface area (Å²) < 4.78 is 10.5. The molecule has 1 atom stereocenters. The van der Waals surface area contributed by atoms with Crippen LogP contribution in [0.25, 0.3) is 33.5 Å². The van der Waals surface area contributed by atoms with Crippen molar-refractivity contribution in [2.75, 3.05) is 7.11 Å². The number of carboxylic acid groups (broad SMARTS) is 1. The van der Waals surface area contributed by atoms with Gasteiger partial charge in [-0.2, -0.15) is 0 Å². The Morgan fingerprint density at radius 2 is 1.68 bits per heavy atom. The van der Waals surface area contributed by atoms with Crippen molar-refractivity contribution in [3.8, 4) is 34.0 Å². The SMILES string of the molecule is COc1ccc(-c2noc3c(O)c(C(=O)C(N)C(=O)O)nc(-c4ccccc4)c23)cc1. The molecular formula is C22H17N3O6. The van der Waals surface area contributed by atoms with Crippen molar-refractivity contribution in [2.45, 2.75) is 6.04 Å². The van der Waals surface area contributed by atoms with Crippen molar-refractivity contribution >= 4 is 22.7 Å². The van der Waals surface area contributed by atoms with Crippen molar-refractivity contribution < 1.29 is 29.1 Å². The fourth-order valence-electron chi connectivity index (χ4n) is 3.18. The molecule has 31 heavy (non-hydrogen) atoms. The highest BCUT2D eigenvalue weighted by Crippen LogP contribution is 2.40. The third kappa shape index (κ3) is 3.47. The van der Waals surface area contributed by atoms with Gasteiger partial charge in [0.25, 0.3) is 0 Å². The lowest BCUT2D eigenvalue weighted by Gasteiger charge is -2.11. The summed E-state index contributed by atoms with van der Waals surface area (Å²) >= 11 is 0. The first kappa shape index (κ1) is 20.0. The average molecular weight is 419 g/mol. The number of carbonyl (C=O) groups excluding carboxylic acids is 1. The molecule has 156 valence electrons. The Morgan fingerprint density at radius 3 is 2.29 bits per heavy atom. The van der Waals surface area contributed by atoms with E-state index in [2.05, 4.69) is 10.1 Å². The number of aliphatic carboxylic acids is 1. The molecule has 0 spiro atoms. The highest BCUT2D eigenvalue weighted by Gasteiger charge is 2.31. The maximum Gasteiger partial charge on any atom is 0.328 e. The zero-order valence-corrected chi connectivity index (χ0v) is 16.3. The number of aromatic hydroxyl groups is 1. The molecule has 2 aromatic heterocycles. The Kier molecular flexibility index (Phi) is 5.10. The largest absolute Gasteiger partial charge is 0.503 e. The minimum Gasteiger partial charge on any atom is -0.503 e. The topological polar surface area (TPSA) is 149 Å². The Labute approximate surface area is 175 Å². The number of fused-ring (bicyclic) bond motifs is 1. The van der Waals surface area contributed by atoms with Gasteiger partial charge in [-0.1, -0.05) is 35.5 Å². The van der Waals surface area contributed by atoms with E-state index < -0.39 is 29.2 Å². The van der Waals surface area contributed by atoms with E-state index in [1.807, 2.05) is 6.07 Å². The highest BCUT2D eigenvalue weighted by atomic mass is 16.5. The molecule has 0 radical (unpaired) electrons. The second-order valence-electron chi connectivity index (χ2n) is 6.67. The minimum absolute atomic E-state index is 0.0967. The van der Waals surface area contributed by atoms with Crippen LogP contribution in [0.1, 0.15) is 10.5 Å². The monoisotopic (exact) mass is 419 g/mol. The fraction of sp³-hybridized carbons (Fsp3) is 0.0909. The molecule has 2 heterocycles. The quantitative estimate of drug-likeness (QED) is 0.317. The van der Waals surface area contributed by atoms with Crippen molar-refractivity contribution in [3.05, 3.63) is 60.3 Å². The number of nitrogens with zero attached hydrogens (tertiary/aromatic N) is 2. The van der Waals surface area contributed by atoms with Crippen LogP contribution in [0.4, 0.5) is 0 Å². The number of rotatable bonds is 6. The molecule has 9 heteroatoms. The number of ether oxygens (including phenoxy) is 1. The third-order valence-electron chi connectivity index (χ3n) is 4.78. The lowest BCUT2D eigenvalue weighted by Crippen LogP contribution is -2.39. The summed E-state index contributed by atoms with van der Waals surface area (Å²) in [4.78, 5) is 28.1. The molecule has 2 aromatic carbocycles. The molecule has 0 amide bonds. The maximum absolute atomic E-state index is 12.6. The molecule has 1 unspecified atom stereocenters. The van der Waals surface area contributed by atoms with Crippen LogP contribution in [0.3, 0.4) is 0 Å². The van der Waals surface area contributed by atoms with Crippen molar-refractivity contribution in [1.29, 1.82) is 0 Å². The zero-order valence-electron chi connectivity index (χ0n) is 16.3. The molecule has 0 bridgehead atoms. The van der Waals surface area contributed by atoms with Crippen molar-refractivity contribution in [2.24, 2.45) is 5.73 Å². The molecular weight excluding hydrogens is 402 g/mol. The van der Waals surface area contributed by atoms with Crippen LogP contribution in [-0.4, -0.2) is 45.3 Å². The van der Waals surface area contributed by atoms with E-state index in [0.717, 1.165) is 0 Å². The first-order chi connectivity index (χ1) is 14.9. The normalized spacial score (nSPS) is 11.9. The number of hydrogen-bond donors (Lipinski definition) is 3. The van der Waals surface area contributed by atoms with E-state index in [9.17, 15) is 14.7 Å². The van der Waals surface area contributed by atoms with Crippen LogP contribution in [0, 0.1) is 0 Å². The molecule has 0 fully saturated rings. The number of pyridine rings is 1. The fourth-order valence-corrected chi connectivity index (χ4v) is 3.18. The van der Waals surface area contributed by atoms with Gasteiger partial charge >= 0.3 is 5.97 Å². The number of ketones is 1. The van der Waals surface area contributed by atoms with Gasteiger partial charge in [-0.05, 0) is 24.3 Å². The van der Waals surface area contributed by atoms with Gasteiger partial charge in [-0.25, -0.2) is 4.98 Å². The number of aromatic nitrogens is 2. The van der Waals surface area contributed by atoms with Gasteiger partial charge in [-0.15, -0.1) is 0 Å². The average Bonchev–Trinajstić information content (AvgIpc) is 3.25. The highest BCUT2D eigenvalue weighted by molar-refractivity contribution is 6.15. The van der Waals surface area contributed by atoms with Gasteiger partial charge in [0.1, 0.15) is 11.4 Å². The predicted octanol–water partition coefficient (Wildman–Crippen LogP) is 2.87. The van der Waals surface area contributed by atoms with Gasteiger partial charge < -0.3 is 25.2 Å². The Morgan fingerprint density at radius 1 is 1.03 bits per heavy atom. The maximum atomic E-state index is 12.6. The summed E-state index contributed by atoms with van der Waals surface area (Å²) in [6.45, 7) is 0. The van der Waals surface area contributed by atoms with E-state index in [1.54, 1.807) is 55.6 Å². The molecule has 9 nitrogen and oxygen atoms in total. The summed E-state index contributed by atoms with van der Waals surface area (Å²) in [6.07, 6.45) is 0. The summed E-state index contributed by atoms with van der Waals surface area (Å²) in [7, 11) is 1.55. The molecule has 0 saturated carbocycles. The Hall–Kier alpha value is -4.24. The Bertz CT molecular complexity index is 1280. The van der Waals surface area contributed by atoms with Crippen molar-refractivity contribution in [1.82, 2.24) is 10.1 Å². The van der Waals surface area contributed by atoms with Gasteiger partial charge in [0, 0.05) is 11.1 Å². The smallest absolute Gasteiger partial charge is 0.328 e. The number of carbonyl (C=O) groups is 2. The summed E-state index contributed by atoms with van der Waals surface area (Å²) in [5.74, 6) is -2.56. The van der Waals surface area contributed by atoms with E-state index in [4.69, 9.17) is 20.1 Å². The van der Waals surface area contributed by atoms with Crippen LogP contribution < -0.4 is 10.5 Å². The first-order valence-electron chi connectivity index (χ1n) is 9.17. The lowest BCUT2D eigenvalue weighted by molar-refractivity contribution is -0.137. The second-order valence-corrected chi connectivity index (χ2v) is 6.67. The van der Waals surface area contributed by atoms with E-state index in [-0.39, 0.29) is 5.58 Å². The van der Waals surface area contributed by atoms with Crippen LogP contribution in [0.15, 0.2) is 59.1 Å². The number of carboxylic acids is 1. The van der Waals surface area contributed by atoms with Gasteiger partial charge in [0.15, 0.2) is 17.5 Å². The summed E-state index contributed by atoms with van der Waals surface area (Å²) in [6, 6.07) is 14.0. The van der Waals surface area contributed by atoms with Gasteiger partial charge in [0.2, 0.25) is 11.4 Å². The second kappa shape index (κ2) is 7.88. The number of hydrogen-bond acceptors (Lipinski definition) is 8. The number of methoxy groups -OCH3 is 1. The molecule has 0 saturated heterocycles. The number of benzene rings is 2. The summed E-state index contributed by atoms with van der Waals surface area (Å²) in [5, 5.41) is 24.2. The lowest BCUT2D eigenvalue weighted by atomic mass is 10.00. The van der Waals surface area contributed by atoms with Gasteiger partial charge in [-0.3, -0.25) is 9.59 Å². The Balaban J connectivity index is 2.01. The first-order valence-corrected chi connectivity index (χ1v) is 9.17. The molecule has 0 aliphatic heterocycles.